The van der Waals surface area contributed by atoms with Gasteiger partial charge in [0, 0.05) is 7.11 Å². The average Bonchev–Trinajstić information content (AvgIpc) is 1.84. The highest BCUT2D eigenvalue weighted by molar-refractivity contribution is 7.87. The minimum atomic E-state index is -3.75. The molecule has 0 saturated carbocycles. The quantitative estimate of drug-likeness (QED) is 0.450. The van der Waals surface area contributed by atoms with Crippen molar-refractivity contribution in [3.8, 4) is 0 Å². The first-order valence-corrected chi connectivity index (χ1v) is 4.44. The first-order chi connectivity index (χ1) is 4.99. The summed E-state index contributed by atoms with van der Waals surface area (Å²) in [4.78, 5) is 0. The van der Waals surface area contributed by atoms with Crippen LogP contribution in [0.5, 0.6) is 0 Å². The van der Waals surface area contributed by atoms with E-state index >= 15 is 0 Å². The van der Waals surface area contributed by atoms with E-state index in [1.165, 1.54) is 7.11 Å². The van der Waals surface area contributed by atoms with Gasteiger partial charge in [0.1, 0.15) is 0 Å². The van der Waals surface area contributed by atoms with Crippen LogP contribution in [-0.4, -0.2) is 39.9 Å². The van der Waals surface area contributed by atoms with E-state index in [0.29, 0.717) is 0 Å². The van der Waals surface area contributed by atoms with Crippen LogP contribution in [0.15, 0.2) is 0 Å². The minimum Gasteiger partial charge on any atom is -0.395 e. The van der Waals surface area contributed by atoms with Crippen molar-refractivity contribution in [3.05, 3.63) is 0 Å². The van der Waals surface area contributed by atoms with Crippen molar-refractivity contribution < 1.29 is 18.3 Å². The topological polar surface area (TPSA) is 102 Å². The SMILES string of the molecule is COCC(CO)NS(N)(=O)=O. The molecule has 1 unspecified atom stereocenters. The molecule has 0 aromatic rings. The number of hydrogen-bond acceptors (Lipinski definition) is 4. The molecule has 4 N–H and O–H groups in total. The van der Waals surface area contributed by atoms with Crippen molar-refractivity contribution in [2.75, 3.05) is 20.3 Å². The van der Waals surface area contributed by atoms with Crippen molar-refractivity contribution in [2.24, 2.45) is 5.14 Å². The Morgan fingerprint density at radius 3 is 2.55 bits per heavy atom. The van der Waals surface area contributed by atoms with Gasteiger partial charge in [0.05, 0.1) is 19.3 Å². The van der Waals surface area contributed by atoms with Crippen LogP contribution in [0.2, 0.25) is 0 Å². The van der Waals surface area contributed by atoms with Gasteiger partial charge in [-0.15, -0.1) is 0 Å². The Balaban J connectivity index is 3.88. The monoisotopic (exact) mass is 184 g/mol. The van der Waals surface area contributed by atoms with Crippen molar-refractivity contribution in [2.45, 2.75) is 6.04 Å². The van der Waals surface area contributed by atoms with Gasteiger partial charge in [0.15, 0.2) is 0 Å². The third-order valence-electron chi connectivity index (χ3n) is 0.919. The number of methoxy groups -OCH3 is 1. The molecule has 0 heterocycles. The molecule has 0 aliphatic rings. The first kappa shape index (κ1) is 10.8. The van der Waals surface area contributed by atoms with E-state index in [-0.39, 0.29) is 13.2 Å². The Hall–Kier alpha value is -0.210. The molecule has 0 rings (SSSR count). The zero-order valence-corrected chi connectivity index (χ0v) is 6.97. The van der Waals surface area contributed by atoms with Gasteiger partial charge in [-0.2, -0.15) is 13.1 Å². The van der Waals surface area contributed by atoms with E-state index in [4.69, 9.17) is 5.11 Å². The lowest BCUT2D eigenvalue weighted by atomic mass is 10.4. The van der Waals surface area contributed by atoms with E-state index in [2.05, 4.69) is 9.88 Å². The number of rotatable bonds is 5. The molecule has 7 heteroatoms. The van der Waals surface area contributed by atoms with Crippen LogP contribution in [0, 0.1) is 0 Å². The molecule has 0 aliphatic heterocycles. The number of nitrogens with two attached hydrogens (primary N) is 1. The maximum absolute atomic E-state index is 10.4. The first-order valence-electron chi connectivity index (χ1n) is 2.89. The van der Waals surface area contributed by atoms with E-state index in [9.17, 15) is 8.42 Å². The standard InChI is InChI=1S/C4H12N2O4S/c1-10-3-4(2-7)6-11(5,8)9/h4,6-7H,2-3H2,1H3,(H2,5,8,9). The number of ether oxygens (including phenoxy) is 1. The Labute approximate surface area is 65.5 Å². The predicted molar refractivity (Wildman–Crippen MR) is 39.0 cm³/mol. The number of hydrogen-bond donors (Lipinski definition) is 3. The second kappa shape index (κ2) is 4.62. The Kier molecular flexibility index (Phi) is 4.54. The largest absolute Gasteiger partial charge is 0.395 e. The van der Waals surface area contributed by atoms with Crippen LogP contribution in [0.1, 0.15) is 0 Å². The summed E-state index contributed by atoms with van der Waals surface area (Å²) in [7, 11) is -2.35. The van der Waals surface area contributed by atoms with Gasteiger partial charge in [0.2, 0.25) is 0 Å². The lowest BCUT2D eigenvalue weighted by molar-refractivity contribution is 0.139. The summed E-state index contributed by atoms with van der Waals surface area (Å²) in [6.07, 6.45) is 0. The van der Waals surface area contributed by atoms with Gasteiger partial charge in [0.25, 0.3) is 10.2 Å². The molecule has 0 radical (unpaired) electrons. The summed E-state index contributed by atoms with van der Waals surface area (Å²) in [6.45, 7) is -0.253. The molecular formula is C4H12N2O4S. The zero-order chi connectivity index (χ0) is 8.91. The molecular weight excluding hydrogens is 172 g/mol. The summed E-state index contributed by atoms with van der Waals surface area (Å²) in [5.41, 5.74) is 0. The van der Waals surface area contributed by atoms with Crippen LogP contribution >= 0.6 is 0 Å². The fourth-order valence-corrected chi connectivity index (χ4v) is 1.16. The summed E-state index contributed by atoms with van der Waals surface area (Å²) >= 11 is 0. The van der Waals surface area contributed by atoms with Crippen molar-refractivity contribution in [1.29, 1.82) is 0 Å². The van der Waals surface area contributed by atoms with E-state index in [1.807, 2.05) is 4.72 Å². The lowest BCUT2D eigenvalue weighted by Crippen LogP contribution is -2.43. The number of nitrogens with one attached hydrogen (secondary N) is 1. The van der Waals surface area contributed by atoms with E-state index < -0.39 is 16.3 Å². The number of aliphatic hydroxyl groups excluding tert-OH is 1. The van der Waals surface area contributed by atoms with Crippen molar-refractivity contribution in [1.82, 2.24) is 4.72 Å². The Morgan fingerprint density at radius 2 is 2.27 bits per heavy atom. The smallest absolute Gasteiger partial charge is 0.274 e. The average molecular weight is 184 g/mol. The molecule has 11 heavy (non-hydrogen) atoms. The fourth-order valence-electron chi connectivity index (χ4n) is 0.557. The van der Waals surface area contributed by atoms with Crippen LogP contribution in [0.3, 0.4) is 0 Å². The zero-order valence-electron chi connectivity index (χ0n) is 6.15. The second-order valence-corrected chi connectivity index (χ2v) is 3.32. The molecule has 0 aromatic carbocycles. The van der Waals surface area contributed by atoms with Gasteiger partial charge in [-0.3, -0.25) is 0 Å². The second-order valence-electron chi connectivity index (χ2n) is 2.00. The molecule has 68 valence electrons. The third kappa shape index (κ3) is 6.20. The molecule has 0 aliphatic carbocycles. The molecule has 0 aromatic heterocycles. The van der Waals surface area contributed by atoms with Gasteiger partial charge >= 0.3 is 0 Å². The molecule has 0 spiro atoms. The molecule has 6 nitrogen and oxygen atoms in total. The third-order valence-corrected chi connectivity index (χ3v) is 1.58. The lowest BCUT2D eigenvalue weighted by Gasteiger charge is -2.12. The predicted octanol–water partition coefficient (Wildman–Crippen LogP) is -2.21. The minimum absolute atomic E-state index is 0.0902. The van der Waals surface area contributed by atoms with Crippen LogP contribution in [0.25, 0.3) is 0 Å². The van der Waals surface area contributed by atoms with E-state index in [1.54, 1.807) is 0 Å². The maximum Gasteiger partial charge on any atom is 0.274 e. The van der Waals surface area contributed by atoms with Gasteiger partial charge in [-0.1, -0.05) is 0 Å². The molecule has 0 bridgehead atoms. The summed E-state index contributed by atoms with van der Waals surface area (Å²) in [5, 5.41) is 13.2. The summed E-state index contributed by atoms with van der Waals surface area (Å²) in [5.74, 6) is 0. The molecule has 0 fully saturated rings. The van der Waals surface area contributed by atoms with Crippen LogP contribution < -0.4 is 9.86 Å². The summed E-state index contributed by atoms with van der Waals surface area (Å²) in [6, 6.07) is -0.671. The van der Waals surface area contributed by atoms with Gasteiger partial charge in [-0.05, 0) is 0 Å². The summed E-state index contributed by atoms with van der Waals surface area (Å²) < 4.78 is 27.3. The number of aliphatic hydroxyl groups is 1. The maximum atomic E-state index is 10.4. The fraction of sp³-hybridized carbons (Fsp3) is 1.00. The molecule has 0 saturated heterocycles. The highest BCUT2D eigenvalue weighted by Gasteiger charge is 2.11. The highest BCUT2D eigenvalue weighted by Crippen LogP contribution is 1.84. The van der Waals surface area contributed by atoms with Crippen molar-refractivity contribution in [3.63, 3.8) is 0 Å². The van der Waals surface area contributed by atoms with Crippen LogP contribution in [-0.2, 0) is 14.9 Å². The highest BCUT2D eigenvalue weighted by atomic mass is 32.2. The Bertz CT molecular complexity index is 190. The molecule has 0 amide bonds. The van der Waals surface area contributed by atoms with Gasteiger partial charge < -0.3 is 9.84 Å². The van der Waals surface area contributed by atoms with Crippen molar-refractivity contribution >= 4 is 10.2 Å². The molecule has 1 atom stereocenters. The normalized spacial score (nSPS) is 14.8. The Morgan fingerprint density at radius 1 is 1.73 bits per heavy atom. The van der Waals surface area contributed by atoms with Gasteiger partial charge in [-0.25, -0.2) is 5.14 Å². The van der Waals surface area contributed by atoms with Crippen LogP contribution in [0.4, 0.5) is 0 Å². The van der Waals surface area contributed by atoms with E-state index in [0.717, 1.165) is 0 Å².